The molecule has 10 rings (SSSR count). The van der Waals surface area contributed by atoms with Crippen molar-refractivity contribution in [3.8, 4) is 0 Å². The van der Waals surface area contributed by atoms with Gasteiger partial charge in [-0.3, -0.25) is 0 Å². The molecule has 4 aromatic rings. The molecule has 11 nitrogen and oxygen atoms in total. The van der Waals surface area contributed by atoms with Crippen molar-refractivity contribution in [2.75, 3.05) is 13.2 Å². The molecule has 0 radical (unpaired) electrons. The second kappa shape index (κ2) is 20.7. The van der Waals surface area contributed by atoms with Gasteiger partial charge in [0.2, 0.25) is 0 Å². The Kier molecular flexibility index (Phi) is 14.6. The first-order chi connectivity index (χ1) is 35.9. The molecular weight excluding hydrogens is 945 g/mol. The third kappa shape index (κ3) is 9.47. The highest BCUT2D eigenvalue weighted by atomic mass is 16.7. The van der Waals surface area contributed by atoms with E-state index in [4.69, 9.17) is 28.4 Å². The zero-order valence-electron chi connectivity index (χ0n) is 44.6. The lowest BCUT2D eigenvalue weighted by Gasteiger charge is -2.73. The Bertz CT molecular complexity index is 2710. The number of ether oxygens (including phenoxy) is 6. The number of hydrogen-bond donors (Lipinski definition) is 1. The summed E-state index contributed by atoms with van der Waals surface area (Å²) in [6.07, 6.45) is 2.80. The average molecular weight is 1020 g/mol. The van der Waals surface area contributed by atoms with Gasteiger partial charge in [0, 0.05) is 0 Å². The van der Waals surface area contributed by atoms with Gasteiger partial charge in [0.15, 0.2) is 24.6 Å². The summed E-state index contributed by atoms with van der Waals surface area (Å²) < 4.78 is 39.3. The van der Waals surface area contributed by atoms with Crippen LogP contribution >= 0.6 is 0 Å². The molecule has 11 heteroatoms. The van der Waals surface area contributed by atoms with Crippen molar-refractivity contribution in [1.29, 1.82) is 0 Å². The van der Waals surface area contributed by atoms with Crippen molar-refractivity contribution in [2.45, 2.75) is 143 Å². The molecular formula is C64H76O11. The van der Waals surface area contributed by atoms with Crippen LogP contribution in [0.15, 0.2) is 133 Å². The zero-order valence-corrected chi connectivity index (χ0v) is 44.6. The Hall–Kier alpha value is -5.62. The minimum atomic E-state index is -1.51. The fourth-order valence-electron chi connectivity index (χ4n) is 16.4. The Morgan fingerprint density at radius 1 is 0.573 bits per heavy atom. The number of aliphatic hydroxyl groups is 1. The van der Waals surface area contributed by atoms with Crippen LogP contribution < -0.4 is 0 Å². The molecule has 0 amide bonds. The molecule has 6 fully saturated rings. The highest BCUT2D eigenvalue weighted by molar-refractivity contribution is 5.91. The van der Waals surface area contributed by atoms with Crippen LogP contribution in [0.4, 0.5) is 0 Å². The van der Waals surface area contributed by atoms with Crippen LogP contribution in [0, 0.1) is 56.7 Å². The molecule has 5 saturated carbocycles. The number of carbonyl (C=O) groups excluding carboxylic acids is 4. The fourth-order valence-corrected chi connectivity index (χ4v) is 16.4. The summed E-state index contributed by atoms with van der Waals surface area (Å²) in [5.41, 5.74) is 1.96. The molecule has 75 heavy (non-hydrogen) atoms. The van der Waals surface area contributed by atoms with Gasteiger partial charge in [0.05, 0.1) is 35.0 Å². The van der Waals surface area contributed by atoms with E-state index in [0.29, 0.717) is 23.3 Å². The minimum absolute atomic E-state index is 0.0334. The summed E-state index contributed by atoms with van der Waals surface area (Å²) in [4.78, 5) is 56.6. The lowest BCUT2D eigenvalue weighted by Crippen LogP contribution is -2.67. The molecule has 1 aliphatic heterocycles. The van der Waals surface area contributed by atoms with E-state index in [-0.39, 0.29) is 68.3 Å². The Balaban J connectivity index is 1.02. The zero-order chi connectivity index (χ0) is 52.9. The van der Waals surface area contributed by atoms with Crippen LogP contribution in [0.3, 0.4) is 0 Å². The molecule has 1 heterocycles. The summed E-state index contributed by atoms with van der Waals surface area (Å²) >= 11 is 0. The molecule has 0 unspecified atom stereocenters. The molecule has 15 atom stereocenters. The third-order valence-corrected chi connectivity index (χ3v) is 20.5. The number of hydrogen-bond acceptors (Lipinski definition) is 11. The lowest BCUT2D eigenvalue weighted by molar-refractivity contribution is -0.309. The van der Waals surface area contributed by atoms with Gasteiger partial charge in [-0.15, -0.1) is 0 Å². The molecule has 4 aromatic carbocycles. The van der Waals surface area contributed by atoms with Gasteiger partial charge in [-0.2, -0.15) is 0 Å². The maximum Gasteiger partial charge on any atom is 0.338 e. The molecule has 6 aliphatic rings. The van der Waals surface area contributed by atoms with E-state index in [1.807, 2.05) is 0 Å². The van der Waals surface area contributed by atoms with Crippen molar-refractivity contribution in [3.63, 3.8) is 0 Å². The van der Waals surface area contributed by atoms with Gasteiger partial charge in [0.1, 0.15) is 12.7 Å². The number of aliphatic hydroxyl groups excluding tert-OH is 1. The molecule has 398 valence electrons. The number of fused-ring (bicyclic) bond motifs is 7. The van der Waals surface area contributed by atoms with E-state index in [2.05, 4.69) is 48.1 Å². The van der Waals surface area contributed by atoms with E-state index in [9.17, 15) is 24.3 Å². The standard InChI is InChI=1S/C64H76O11/c1-40(2)45-30-35-64(37-36-62(6)46(51(45)64)28-29-49-61(5)33-32-50(65)60(3,4)48(61)31-34-63(49,62)7)39-71-59-54(75-58(69)44-26-18-11-19-27-44)53(74-57(68)43-24-16-10-17-25-43)52(73-56(67)42-22-14-9-15-23-42)47(72-59)38-70-55(66)41-20-12-8-13-21-41/h8-27,45-54,59,65H,1,28-39H2,2-7H3/t45-,46+,47+,48-,49+,50-,51+,52+,53-,54+,59+,61-,62+,63+,64+/m0/s1. The monoisotopic (exact) mass is 1020 g/mol. The number of allylic oxidation sites excluding steroid dienone is 1. The van der Waals surface area contributed by atoms with E-state index in [1.165, 1.54) is 5.57 Å². The molecule has 0 bridgehead atoms. The summed E-state index contributed by atoms with van der Waals surface area (Å²) in [6.45, 7) is 19.0. The van der Waals surface area contributed by atoms with E-state index >= 15 is 0 Å². The average Bonchev–Trinajstić information content (AvgIpc) is 3.87. The second-order valence-electron chi connectivity index (χ2n) is 24.5. The van der Waals surface area contributed by atoms with Crippen molar-refractivity contribution < 1.29 is 52.7 Å². The van der Waals surface area contributed by atoms with E-state index in [0.717, 1.165) is 64.2 Å². The first-order valence-corrected chi connectivity index (χ1v) is 27.5. The van der Waals surface area contributed by atoms with Crippen molar-refractivity contribution in [2.24, 2.45) is 56.7 Å². The summed E-state index contributed by atoms with van der Waals surface area (Å²) in [5, 5.41) is 11.3. The summed E-state index contributed by atoms with van der Waals surface area (Å²) in [5.74, 6) is -0.993. The van der Waals surface area contributed by atoms with Crippen LogP contribution in [0.5, 0.6) is 0 Å². The summed E-state index contributed by atoms with van der Waals surface area (Å²) in [7, 11) is 0. The largest absolute Gasteiger partial charge is 0.459 e. The maximum absolute atomic E-state index is 14.4. The Morgan fingerprint density at radius 2 is 1.09 bits per heavy atom. The van der Waals surface area contributed by atoms with Crippen molar-refractivity contribution in [1.82, 2.24) is 0 Å². The van der Waals surface area contributed by atoms with Gasteiger partial charge < -0.3 is 33.5 Å². The number of benzene rings is 4. The third-order valence-electron chi connectivity index (χ3n) is 20.5. The van der Waals surface area contributed by atoms with Crippen LogP contribution in [-0.4, -0.2) is 79.0 Å². The predicted octanol–water partition coefficient (Wildman–Crippen LogP) is 12.3. The van der Waals surface area contributed by atoms with Crippen LogP contribution in [-0.2, 0) is 28.4 Å². The smallest absolute Gasteiger partial charge is 0.338 e. The SMILES string of the molecule is C=C(C)[C@@H]1CC[C@]2(CO[C@@H]3O[C@H](COC(=O)c4ccccc4)[C@@H](OC(=O)c4ccccc4)[C@H](OC(=O)c4ccccc4)[C@H]3OC(=O)c3ccccc3)CC[C@]3(C)[C@H](CC[C@@H]4[C@@]5(C)CC[C@H](O)C(C)(C)[C@@H]5CC[C@]43C)[C@@H]12. The van der Waals surface area contributed by atoms with Gasteiger partial charge in [-0.05, 0) is 176 Å². The van der Waals surface area contributed by atoms with Crippen LogP contribution in [0.1, 0.15) is 147 Å². The van der Waals surface area contributed by atoms with Crippen molar-refractivity contribution in [3.05, 3.63) is 156 Å². The highest BCUT2D eigenvalue weighted by Gasteiger charge is 2.71. The molecule has 1 saturated heterocycles. The molecule has 0 aromatic heterocycles. The van der Waals surface area contributed by atoms with Crippen LogP contribution in [0.2, 0.25) is 0 Å². The van der Waals surface area contributed by atoms with Gasteiger partial charge >= 0.3 is 23.9 Å². The van der Waals surface area contributed by atoms with E-state index < -0.39 is 61.2 Å². The quantitative estimate of drug-likeness (QED) is 0.0776. The fraction of sp³-hybridized carbons (Fsp3) is 0.531. The lowest BCUT2D eigenvalue weighted by atomic mass is 9.32. The van der Waals surface area contributed by atoms with Crippen LogP contribution in [0.25, 0.3) is 0 Å². The number of rotatable bonds is 13. The highest BCUT2D eigenvalue weighted by Crippen LogP contribution is 2.77. The predicted molar refractivity (Wildman–Crippen MR) is 283 cm³/mol. The first-order valence-electron chi connectivity index (χ1n) is 27.5. The second-order valence-corrected chi connectivity index (χ2v) is 24.5. The number of esters is 4. The van der Waals surface area contributed by atoms with Gasteiger partial charge in [-0.25, -0.2) is 19.2 Å². The Labute approximate surface area is 443 Å². The normalized spacial score (nSPS) is 36.5. The first kappa shape index (κ1) is 52.8. The van der Waals surface area contributed by atoms with Gasteiger partial charge in [-0.1, -0.05) is 120 Å². The summed E-state index contributed by atoms with van der Waals surface area (Å²) in [6, 6.07) is 33.9. The molecule has 5 aliphatic carbocycles. The Morgan fingerprint density at radius 3 is 1.64 bits per heavy atom. The van der Waals surface area contributed by atoms with Gasteiger partial charge in [0.25, 0.3) is 0 Å². The number of carbonyl (C=O) groups is 4. The maximum atomic E-state index is 14.4. The minimum Gasteiger partial charge on any atom is -0.459 e. The molecule has 1 N–H and O–H groups in total. The van der Waals surface area contributed by atoms with Crippen molar-refractivity contribution >= 4 is 23.9 Å². The molecule has 0 spiro atoms. The topological polar surface area (TPSA) is 144 Å². The van der Waals surface area contributed by atoms with E-state index in [1.54, 1.807) is 121 Å².